The first-order valence-electron chi connectivity index (χ1n) is 25.8. The van der Waals surface area contributed by atoms with E-state index in [9.17, 15) is 5.26 Å². The average molecular weight is 967 g/mol. The number of benzene rings is 11. The summed E-state index contributed by atoms with van der Waals surface area (Å²) in [6, 6.07) is 102. The fourth-order valence-electron chi connectivity index (χ4n) is 11.5. The molecule has 0 N–H and O–H groups in total. The molecule has 0 unspecified atom stereocenters. The second-order valence-corrected chi connectivity index (χ2v) is 19.4. The number of nitriles is 1. The smallest absolute Gasteiger partial charge is 0.101 e. The first kappa shape index (κ1) is 44.4. The minimum atomic E-state index is 0.548. The lowest BCUT2D eigenvalue weighted by atomic mass is 9.94. The zero-order chi connectivity index (χ0) is 50.5. The first-order valence-corrected chi connectivity index (χ1v) is 25.8. The van der Waals surface area contributed by atoms with Gasteiger partial charge in [0.25, 0.3) is 0 Å². The Bertz CT molecular complexity index is 4510. The number of rotatable bonds is 9. The summed E-state index contributed by atoms with van der Waals surface area (Å²) in [6.45, 7) is 0. The molecule has 3 heterocycles. The molecule has 0 saturated heterocycles. The molecule has 14 aromatic rings. The molecule has 4 nitrogen and oxygen atoms in total. The Morgan fingerprint density at radius 2 is 0.645 bits per heavy atom. The van der Waals surface area contributed by atoms with Gasteiger partial charge in [-0.3, -0.25) is 0 Å². The van der Waals surface area contributed by atoms with Crippen molar-refractivity contribution in [1.82, 2.24) is 14.1 Å². The van der Waals surface area contributed by atoms with Gasteiger partial charge in [-0.1, -0.05) is 218 Å². The van der Waals surface area contributed by atoms with Gasteiger partial charge in [-0.25, -0.2) is 4.98 Å². The molecule has 14 rings (SSSR count). The monoisotopic (exact) mass is 966 g/mol. The molecule has 11 aromatic carbocycles. The van der Waals surface area contributed by atoms with E-state index in [4.69, 9.17) is 4.98 Å². The summed E-state index contributed by atoms with van der Waals surface area (Å²) in [6.07, 6.45) is 0. The van der Waals surface area contributed by atoms with Gasteiger partial charge in [-0.2, -0.15) is 5.26 Å². The zero-order valence-electron chi connectivity index (χ0n) is 41.3. The van der Waals surface area contributed by atoms with Crippen molar-refractivity contribution < 1.29 is 0 Å². The van der Waals surface area contributed by atoms with Crippen LogP contribution in [0.25, 0.3) is 133 Å². The van der Waals surface area contributed by atoms with E-state index < -0.39 is 0 Å². The third kappa shape index (κ3) is 7.57. The van der Waals surface area contributed by atoms with E-state index in [0.717, 1.165) is 105 Å². The van der Waals surface area contributed by atoms with E-state index in [0.29, 0.717) is 5.56 Å². The molecule has 354 valence electrons. The molecule has 0 fully saturated rings. The Morgan fingerprint density at radius 3 is 1.12 bits per heavy atom. The van der Waals surface area contributed by atoms with Crippen molar-refractivity contribution in [3.8, 4) is 95.6 Å². The van der Waals surface area contributed by atoms with Crippen LogP contribution in [0.15, 0.2) is 279 Å². The van der Waals surface area contributed by atoms with Gasteiger partial charge in [0.1, 0.15) is 6.07 Å². The standard InChI is InChI=1S/C72H46N4/c73-47-56-41-54(55-44-65(50-25-9-3-10-26-50)74-66(45-55)51-27-11-4-12-28-51)46-71(75-67-35-19-17-33-61(67)63-42-52(37-39-69(63)75)59-31-15-13-29-57(59)48-21-5-1-6-22-48)72(56)76-68-36-20-18-34-62(68)64-43-53(38-40-70(64)76)60-32-16-14-30-58(60)49-23-7-2-8-24-49/h1-46H. The third-order valence-corrected chi connectivity index (χ3v) is 15.0. The summed E-state index contributed by atoms with van der Waals surface area (Å²) >= 11 is 0. The van der Waals surface area contributed by atoms with Crippen LogP contribution in [0.3, 0.4) is 0 Å². The molecule has 0 atom stereocenters. The maximum Gasteiger partial charge on any atom is 0.101 e. The van der Waals surface area contributed by atoms with Gasteiger partial charge >= 0.3 is 0 Å². The van der Waals surface area contributed by atoms with Crippen LogP contribution in [0.2, 0.25) is 0 Å². The lowest BCUT2D eigenvalue weighted by Crippen LogP contribution is -2.07. The van der Waals surface area contributed by atoms with E-state index in [1.807, 2.05) is 12.1 Å². The van der Waals surface area contributed by atoms with E-state index >= 15 is 0 Å². The van der Waals surface area contributed by atoms with Crippen molar-refractivity contribution in [3.63, 3.8) is 0 Å². The second kappa shape index (κ2) is 18.6. The molecule has 0 aliphatic heterocycles. The quantitative estimate of drug-likeness (QED) is 0.145. The van der Waals surface area contributed by atoms with Crippen LogP contribution in [0.4, 0.5) is 0 Å². The molecule has 0 spiro atoms. The highest BCUT2D eigenvalue weighted by Gasteiger charge is 2.25. The van der Waals surface area contributed by atoms with Crippen LogP contribution >= 0.6 is 0 Å². The topological polar surface area (TPSA) is 46.5 Å². The Labute approximate surface area is 440 Å². The summed E-state index contributed by atoms with van der Waals surface area (Å²) in [5, 5.41) is 16.2. The summed E-state index contributed by atoms with van der Waals surface area (Å²) < 4.78 is 4.72. The van der Waals surface area contributed by atoms with Gasteiger partial charge in [0, 0.05) is 32.7 Å². The van der Waals surface area contributed by atoms with Gasteiger partial charge in [-0.05, 0) is 116 Å². The number of hydrogen-bond donors (Lipinski definition) is 0. The first-order chi connectivity index (χ1) is 37.7. The average Bonchev–Trinajstić information content (AvgIpc) is 4.06. The van der Waals surface area contributed by atoms with E-state index in [1.54, 1.807) is 0 Å². The molecule has 0 aliphatic carbocycles. The maximum absolute atomic E-state index is 11.8. The summed E-state index contributed by atoms with van der Waals surface area (Å²) in [7, 11) is 0. The van der Waals surface area contributed by atoms with Crippen molar-refractivity contribution in [3.05, 3.63) is 285 Å². The molecule has 0 bridgehead atoms. The summed E-state index contributed by atoms with van der Waals surface area (Å²) in [5.41, 5.74) is 21.2. The van der Waals surface area contributed by atoms with Crippen molar-refractivity contribution in [1.29, 1.82) is 5.26 Å². The number of pyridine rings is 1. The van der Waals surface area contributed by atoms with Crippen molar-refractivity contribution in [2.45, 2.75) is 0 Å². The van der Waals surface area contributed by atoms with E-state index in [2.05, 4.69) is 282 Å². The van der Waals surface area contributed by atoms with Crippen LogP contribution in [0, 0.1) is 11.3 Å². The molecule has 3 aromatic heterocycles. The second-order valence-electron chi connectivity index (χ2n) is 19.4. The number of hydrogen-bond acceptors (Lipinski definition) is 2. The van der Waals surface area contributed by atoms with E-state index in [-0.39, 0.29) is 0 Å². The van der Waals surface area contributed by atoms with Gasteiger partial charge in [0.15, 0.2) is 0 Å². The number of aromatic nitrogens is 3. The number of nitrogens with zero attached hydrogens (tertiary/aromatic N) is 4. The fourth-order valence-corrected chi connectivity index (χ4v) is 11.5. The lowest BCUT2D eigenvalue weighted by Gasteiger charge is -2.20. The van der Waals surface area contributed by atoms with Gasteiger partial charge in [0.2, 0.25) is 0 Å². The fraction of sp³-hybridized carbons (Fsp3) is 0. The van der Waals surface area contributed by atoms with Crippen molar-refractivity contribution in [2.75, 3.05) is 0 Å². The Balaban J connectivity index is 1.06. The van der Waals surface area contributed by atoms with E-state index in [1.165, 1.54) is 27.8 Å². The molecule has 0 saturated carbocycles. The van der Waals surface area contributed by atoms with Crippen molar-refractivity contribution >= 4 is 43.6 Å². The molecular formula is C72H46N4. The highest BCUT2D eigenvalue weighted by molar-refractivity contribution is 6.13. The predicted molar refractivity (Wildman–Crippen MR) is 316 cm³/mol. The predicted octanol–water partition coefficient (Wildman–Crippen LogP) is 18.8. The lowest BCUT2D eigenvalue weighted by molar-refractivity contribution is 1.09. The summed E-state index contributed by atoms with van der Waals surface area (Å²) in [5.74, 6) is 0. The van der Waals surface area contributed by atoms with Gasteiger partial charge < -0.3 is 9.13 Å². The molecule has 76 heavy (non-hydrogen) atoms. The van der Waals surface area contributed by atoms with Crippen LogP contribution in [0.1, 0.15) is 5.56 Å². The molecular weight excluding hydrogens is 921 g/mol. The largest absolute Gasteiger partial charge is 0.307 e. The third-order valence-electron chi connectivity index (χ3n) is 15.0. The Hall–Kier alpha value is -10.3. The highest BCUT2D eigenvalue weighted by atomic mass is 15.1. The van der Waals surface area contributed by atoms with Crippen molar-refractivity contribution in [2.24, 2.45) is 0 Å². The van der Waals surface area contributed by atoms with Gasteiger partial charge in [0.05, 0.1) is 50.4 Å². The minimum Gasteiger partial charge on any atom is -0.307 e. The SMILES string of the molecule is N#Cc1cc(-c2cc(-c3ccccc3)nc(-c3ccccc3)c2)cc(-n2c3ccccc3c3cc(-c4ccccc4-c4ccccc4)ccc32)c1-n1c2ccccc2c2cc(-c3ccccc3-c3ccccc3)ccc21. The van der Waals surface area contributed by atoms with Crippen LogP contribution < -0.4 is 0 Å². The number of fused-ring (bicyclic) bond motifs is 6. The zero-order valence-corrected chi connectivity index (χ0v) is 41.3. The van der Waals surface area contributed by atoms with Crippen LogP contribution in [0.5, 0.6) is 0 Å². The maximum atomic E-state index is 11.8. The molecule has 4 heteroatoms. The van der Waals surface area contributed by atoms with Crippen LogP contribution in [-0.2, 0) is 0 Å². The normalized spacial score (nSPS) is 11.4. The number of para-hydroxylation sites is 2. The Kier molecular flexibility index (Phi) is 10.9. The highest BCUT2D eigenvalue weighted by Crippen LogP contribution is 2.45. The molecule has 0 aliphatic rings. The molecule has 0 radical (unpaired) electrons. The molecule has 0 amide bonds. The van der Waals surface area contributed by atoms with Crippen LogP contribution in [-0.4, -0.2) is 14.1 Å². The van der Waals surface area contributed by atoms with Gasteiger partial charge in [-0.15, -0.1) is 0 Å². The Morgan fingerprint density at radius 1 is 0.276 bits per heavy atom. The summed E-state index contributed by atoms with van der Waals surface area (Å²) in [4.78, 5) is 5.26. The minimum absolute atomic E-state index is 0.548.